The Balaban J connectivity index is 2.20. The lowest BCUT2D eigenvalue weighted by Crippen LogP contribution is -2.50. The van der Waals surface area contributed by atoms with Gasteiger partial charge in [0.05, 0.1) is 5.69 Å². The van der Waals surface area contributed by atoms with Crippen LogP contribution in [0.5, 0.6) is 0 Å². The lowest BCUT2D eigenvalue weighted by molar-refractivity contribution is -0.129. The minimum atomic E-state index is -0.339. The van der Waals surface area contributed by atoms with Crippen LogP contribution in [-0.2, 0) is 9.59 Å². The Kier molecular flexibility index (Phi) is 2.45. The molecular weight excluding hydrogens is 194 g/mol. The Labute approximate surface area is 86.2 Å². The molecule has 1 aliphatic rings. The summed E-state index contributed by atoms with van der Waals surface area (Å²) < 4.78 is 0. The Morgan fingerprint density at radius 2 is 1.60 bits per heavy atom. The van der Waals surface area contributed by atoms with Gasteiger partial charge in [-0.3, -0.25) is 20.2 Å². The van der Waals surface area contributed by atoms with Crippen molar-refractivity contribution < 1.29 is 9.59 Å². The highest BCUT2D eigenvalue weighted by molar-refractivity contribution is 6.16. The number of para-hydroxylation sites is 1. The molecule has 5 nitrogen and oxygen atoms in total. The van der Waals surface area contributed by atoms with Crippen molar-refractivity contribution >= 4 is 23.5 Å². The summed E-state index contributed by atoms with van der Waals surface area (Å²) in [6.45, 7) is 0. The van der Waals surface area contributed by atoms with E-state index in [0.717, 1.165) is 0 Å². The highest BCUT2D eigenvalue weighted by Gasteiger charge is 2.19. The van der Waals surface area contributed by atoms with Crippen LogP contribution in [0.25, 0.3) is 0 Å². The molecule has 2 amide bonds. The molecule has 15 heavy (non-hydrogen) atoms. The molecule has 1 fully saturated rings. The summed E-state index contributed by atoms with van der Waals surface area (Å²) in [6, 6.07) is 9.07. The van der Waals surface area contributed by atoms with Gasteiger partial charge in [0, 0.05) is 0 Å². The van der Waals surface area contributed by atoms with Crippen LogP contribution in [0, 0.1) is 0 Å². The molecule has 0 unspecified atom stereocenters. The van der Waals surface area contributed by atoms with Crippen molar-refractivity contribution in [2.45, 2.75) is 6.42 Å². The smallest absolute Gasteiger partial charge is 0.236 e. The molecule has 0 radical (unpaired) electrons. The largest absolute Gasteiger partial charge is 0.296 e. The van der Waals surface area contributed by atoms with Gasteiger partial charge in [0.1, 0.15) is 6.42 Å². The molecule has 0 aromatic heterocycles. The SMILES string of the molecule is O=C1CC(=O)NC(=Nc2ccccc2)N1. The van der Waals surface area contributed by atoms with Crippen LogP contribution in [0.2, 0.25) is 0 Å². The fourth-order valence-corrected chi connectivity index (χ4v) is 1.22. The fraction of sp³-hybridized carbons (Fsp3) is 0.100. The number of hydrogen-bond acceptors (Lipinski definition) is 3. The topological polar surface area (TPSA) is 70.6 Å². The van der Waals surface area contributed by atoms with Crippen molar-refractivity contribution in [1.29, 1.82) is 0 Å². The molecule has 2 rings (SSSR count). The summed E-state index contributed by atoms with van der Waals surface area (Å²) in [5, 5.41) is 4.95. The van der Waals surface area contributed by atoms with E-state index in [9.17, 15) is 9.59 Å². The van der Waals surface area contributed by atoms with Gasteiger partial charge >= 0.3 is 0 Å². The monoisotopic (exact) mass is 203 g/mol. The lowest BCUT2D eigenvalue weighted by atomic mass is 10.3. The number of guanidine groups is 1. The fourth-order valence-electron chi connectivity index (χ4n) is 1.22. The summed E-state index contributed by atoms with van der Waals surface area (Å²) in [5.74, 6) is -0.496. The van der Waals surface area contributed by atoms with Crippen LogP contribution in [0.4, 0.5) is 5.69 Å². The maximum Gasteiger partial charge on any atom is 0.236 e. The Morgan fingerprint density at radius 1 is 1.00 bits per heavy atom. The molecule has 0 saturated carbocycles. The molecular formula is C10H9N3O2. The van der Waals surface area contributed by atoms with Crippen LogP contribution in [0.15, 0.2) is 35.3 Å². The molecule has 0 atom stereocenters. The van der Waals surface area contributed by atoms with Crippen molar-refractivity contribution in [3.05, 3.63) is 30.3 Å². The van der Waals surface area contributed by atoms with Crippen LogP contribution in [0.1, 0.15) is 6.42 Å². The molecule has 0 spiro atoms. The first-order valence-electron chi connectivity index (χ1n) is 4.47. The maximum atomic E-state index is 11.0. The van der Waals surface area contributed by atoms with Gasteiger partial charge in [0.25, 0.3) is 0 Å². The van der Waals surface area contributed by atoms with E-state index in [-0.39, 0.29) is 24.2 Å². The standard InChI is InChI=1S/C10H9N3O2/c14-8-6-9(15)13-10(12-8)11-7-4-2-1-3-5-7/h1-5H,6H2,(H2,11,12,13,14,15). The molecule has 1 aromatic carbocycles. The first-order valence-corrected chi connectivity index (χ1v) is 4.47. The maximum absolute atomic E-state index is 11.0. The van der Waals surface area contributed by atoms with Gasteiger partial charge in [-0.1, -0.05) is 18.2 Å². The number of aliphatic imine (C=N–C) groups is 1. The Morgan fingerprint density at radius 3 is 2.20 bits per heavy atom. The highest BCUT2D eigenvalue weighted by Crippen LogP contribution is 2.09. The first-order chi connectivity index (χ1) is 7.24. The molecule has 1 aromatic rings. The summed E-state index contributed by atoms with van der Waals surface area (Å²) in [5.41, 5.74) is 0.676. The number of amides is 2. The third kappa shape index (κ3) is 2.40. The normalized spacial score (nSPS) is 15.6. The van der Waals surface area contributed by atoms with Gasteiger partial charge in [-0.15, -0.1) is 0 Å². The summed E-state index contributed by atoms with van der Waals surface area (Å²) in [7, 11) is 0. The first kappa shape index (κ1) is 9.39. The van der Waals surface area contributed by atoms with Crippen LogP contribution >= 0.6 is 0 Å². The predicted octanol–water partition coefficient (Wildman–Crippen LogP) is 0.310. The van der Waals surface area contributed by atoms with E-state index in [1.54, 1.807) is 12.1 Å². The molecule has 2 N–H and O–H groups in total. The zero-order valence-electron chi connectivity index (χ0n) is 7.86. The average molecular weight is 203 g/mol. The molecule has 1 heterocycles. The number of nitrogens with zero attached hydrogens (tertiary/aromatic N) is 1. The second-order valence-corrected chi connectivity index (χ2v) is 3.07. The molecule has 5 heteroatoms. The van der Waals surface area contributed by atoms with Crippen molar-refractivity contribution in [3.8, 4) is 0 Å². The highest BCUT2D eigenvalue weighted by atomic mass is 16.2. The molecule has 1 saturated heterocycles. The van der Waals surface area contributed by atoms with E-state index in [1.807, 2.05) is 18.2 Å². The van der Waals surface area contributed by atoms with E-state index in [1.165, 1.54) is 0 Å². The van der Waals surface area contributed by atoms with E-state index in [0.29, 0.717) is 5.69 Å². The van der Waals surface area contributed by atoms with Gasteiger partial charge in [0.15, 0.2) is 0 Å². The van der Waals surface area contributed by atoms with Gasteiger partial charge in [-0.05, 0) is 12.1 Å². The third-order valence-electron chi connectivity index (χ3n) is 1.83. The zero-order valence-corrected chi connectivity index (χ0v) is 7.86. The van der Waals surface area contributed by atoms with Gasteiger partial charge < -0.3 is 0 Å². The second-order valence-electron chi connectivity index (χ2n) is 3.07. The van der Waals surface area contributed by atoms with Crippen molar-refractivity contribution in [3.63, 3.8) is 0 Å². The number of rotatable bonds is 1. The summed E-state index contributed by atoms with van der Waals surface area (Å²) >= 11 is 0. The molecule has 0 bridgehead atoms. The number of carbonyl (C=O) groups is 2. The zero-order chi connectivity index (χ0) is 10.7. The van der Waals surface area contributed by atoms with Crippen LogP contribution in [-0.4, -0.2) is 17.8 Å². The van der Waals surface area contributed by atoms with Crippen molar-refractivity contribution in [2.24, 2.45) is 4.99 Å². The van der Waals surface area contributed by atoms with Crippen LogP contribution in [0.3, 0.4) is 0 Å². The Hall–Kier alpha value is -2.17. The number of benzene rings is 1. The number of hydrogen-bond donors (Lipinski definition) is 2. The van der Waals surface area contributed by atoms with E-state index >= 15 is 0 Å². The minimum absolute atomic E-state index is 0.145. The number of nitrogens with one attached hydrogen (secondary N) is 2. The van der Waals surface area contributed by atoms with Gasteiger partial charge in [-0.25, -0.2) is 4.99 Å². The Bertz CT molecular complexity index is 408. The van der Waals surface area contributed by atoms with E-state index in [2.05, 4.69) is 15.6 Å². The molecule has 1 aliphatic heterocycles. The number of carbonyl (C=O) groups excluding carboxylic acids is 2. The molecule has 0 aliphatic carbocycles. The predicted molar refractivity (Wildman–Crippen MR) is 54.4 cm³/mol. The van der Waals surface area contributed by atoms with Gasteiger partial charge in [-0.2, -0.15) is 0 Å². The second kappa shape index (κ2) is 3.91. The van der Waals surface area contributed by atoms with Crippen molar-refractivity contribution in [2.75, 3.05) is 0 Å². The van der Waals surface area contributed by atoms with Crippen LogP contribution < -0.4 is 10.6 Å². The lowest BCUT2D eigenvalue weighted by Gasteiger charge is -2.14. The quantitative estimate of drug-likeness (QED) is 0.645. The van der Waals surface area contributed by atoms with Crippen molar-refractivity contribution in [1.82, 2.24) is 10.6 Å². The minimum Gasteiger partial charge on any atom is -0.296 e. The van der Waals surface area contributed by atoms with E-state index < -0.39 is 0 Å². The summed E-state index contributed by atoms with van der Waals surface area (Å²) in [6.07, 6.45) is -0.145. The average Bonchev–Trinajstić information content (AvgIpc) is 2.17. The summed E-state index contributed by atoms with van der Waals surface area (Å²) in [4.78, 5) is 26.1. The molecule has 76 valence electrons. The van der Waals surface area contributed by atoms with E-state index in [4.69, 9.17) is 0 Å². The van der Waals surface area contributed by atoms with Gasteiger partial charge in [0.2, 0.25) is 17.8 Å². The third-order valence-corrected chi connectivity index (χ3v) is 1.83.